The van der Waals surface area contributed by atoms with E-state index in [0.29, 0.717) is 12.8 Å². The van der Waals surface area contributed by atoms with Crippen LogP contribution >= 0.6 is 0 Å². The maximum absolute atomic E-state index is 13.0. The van der Waals surface area contributed by atoms with E-state index in [-0.39, 0.29) is 43.3 Å². The van der Waals surface area contributed by atoms with Crippen LogP contribution in [0.4, 0.5) is 4.39 Å². The van der Waals surface area contributed by atoms with Crippen LogP contribution in [0.25, 0.3) is 11.1 Å². The van der Waals surface area contributed by atoms with Crippen molar-refractivity contribution in [2.24, 2.45) is 5.73 Å². The first-order valence-corrected chi connectivity index (χ1v) is 10.6. The second kappa shape index (κ2) is 11.8. The largest absolute Gasteiger partial charge is 0.370 e. The van der Waals surface area contributed by atoms with Crippen molar-refractivity contribution in [2.45, 2.75) is 31.9 Å². The minimum Gasteiger partial charge on any atom is -0.370 e. The summed E-state index contributed by atoms with van der Waals surface area (Å²) in [6, 6.07) is 23.6. The van der Waals surface area contributed by atoms with Gasteiger partial charge in [-0.3, -0.25) is 9.59 Å². The molecule has 3 rings (SSSR count). The van der Waals surface area contributed by atoms with Crippen molar-refractivity contribution in [1.29, 1.82) is 0 Å². The van der Waals surface area contributed by atoms with Crippen molar-refractivity contribution < 1.29 is 18.7 Å². The second-order valence-corrected chi connectivity index (χ2v) is 7.59. The molecule has 5 nitrogen and oxygen atoms in total. The number of hydrogen-bond donors (Lipinski definition) is 2. The Morgan fingerprint density at radius 3 is 2.38 bits per heavy atom. The standard InChI is InChI=1S/C26H27FN2O3/c27-23-14-12-19(13-15-23)17-32-18-26(31)29-24(10-5-11-25(28)30)22-9-4-8-21(16-22)20-6-2-1-3-7-20/h1-4,6-9,12-16,24H,5,10-11,17-18H2,(H2,28,30)(H,29,31). The highest BCUT2D eigenvalue weighted by Crippen LogP contribution is 2.26. The zero-order valence-electron chi connectivity index (χ0n) is 17.8. The van der Waals surface area contributed by atoms with E-state index in [4.69, 9.17) is 10.5 Å². The fourth-order valence-corrected chi connectivity index (χ4v) is 3.45. The first kappa shape index (κ1) is 23.2. The summed E-state index contributed by atoms with van der Waals surface area (Å²) in [4.78, 5) is 23.7. The van der Waals surface area contributed by atoms with E-state index >= 15 is 0 Å². The summed E-state index contributed by atoms with van der Waals surface area (Å²) in [5.74, 6) is -0.944. The predicted molar refractivity (Wildman–Crippen MR) is 122 cm³/mol. The molecule has 0 aliphatic carbocycles. The number of rotatable bonds is 11. The first-order valence-electron chi connectivity index (χ1n) is 10.6. The molecule has 0 radical (unpaired) electrons. The minimum absolute atomic E-state index is 0.123. The molecule has 0 aliphatic rings. The van der Waals surface area contributed by atoms with Crippen LogP contribution in [0, 0.1) is 5.82 Å². The van der Waals surface area contributed by atoms with Gasteiger partial charge in [0.15, 0.2) is 0 Å². The van der Waals surface area contributed by atoms with Crippen LogP contribution < -0.4 is 11.1 Å². The Morgan fingerprint density at radius 1 is 0.938 bits per heavy atom. The molecule has 0 saturated heterocycles. The van der Waals surface area contributed by atoms with E-state index in [0.717, 1.165) is 22.3 Å². The van der Waals surface area contributed by atoms with Crippen LogP contribution in [0.5, 0.6) is 0 Å². The van der Waals surface area contributed by atoms with Gasteiger partial charge in [-0.2, -0.15) is 0 Å². The van der Waals surface area contributed by atoms with Crippen LogP contribution in [0.3, 0.4) is 0 Å². The van der Waals surface area contributed by atoms with Crippen LogP contribution in [0.1, 0.15) is 36.4 Å². The van der Waals surface area contributed by atoms with Gasteiger partial charge < -0.3 is 15.8 Å². The first-order chi connectivity index (χ1) is 15.5. The summed E-state index contributed by atoms with van der Waals surface area (Å²) in [5.41, 5.74) is 9.14. The van der Waals surface area contributed by atoms with Gasteiger partial charge >= 0.3 is 0 Å². The Labute approximate surface area is 187 Å². The molecular weight excluding hydrogens is 407 g/mol. The molecule has 0 spiro atoms. The molecule has 0 aliphatic heterocycles. The van der Waals surface area contributed by atoms with Gasteiger partial charge in [-0.05, 0) is 53.3 Å². The topological polar surface area (TPSA) is 81.4 Å². The molecule has 0 bridgehead atoms. The Kier molecular flexibility index (Phi) is 8.52. The lowest BCUT2D eigenvalue weighted by Gasteiger charge is -2.20. The molecular formula is C26H27FN2O3. The molecule has 2 amide bonds. The summed E-state index contributed by atoms with van der Waals surface area (Å²) in [5, 5.41) is 3.01. The number of ether oxygens (including phenoxy) is 1. The highest BCUT2D eigenvalue weighted by Gasteiger charge is 2.16. The van der Waals surface area contributed by atoms with Crippen LogP contribution in [0.2, 0.25) is 0 Å². The fourth-order valence-electron chi connectivity index (χ4n) is 3.45. The molecule has 0 saturated carbocycles. The van der Waals surface area contributed by atoms with E-state index in [2.05, 4.69) is 5.32 Å². The molecule has 0 aromatic heterocycles. The average Bonchev–Trinajstić information content (AvgIpc) is 2.80. The molecule has 3 N–H and O–H groups in total. The maximum Gasteiger partial charge on any atom is 0.246 e. The highest BCUT2D eigenvalue weighted by molar-refractivity contribution is 5.78. The Bertz CT molecular complexity index is 1020. The number of primary amides is 1. The monoisotopic (exact) mass is 434 g/mol. The van der Waals surface area contributed by atoms with Crippen LogP contribution in [-0.2, 0) is 20.9 Å². The predicted octanol–water partition coefficient (Wildman–Crippen LogP) is 4.52. The van der Waals surface area contributed by atoms with Gasteiger partial charge in [0.25, 0.3) is 0 Å². The summed E-state index contributed by atoms with van der Waals surface area (Å²) >= 11 is 0. The van der Waals surface area contributed by atoms with Gasteiger partial charge in [0.2, 0.25) is 11.8 Å². The number of nitrogens with two attached hydrogens (primary N) is 1. The summed E-state index contributed by atoms with van der Waals surface area (Å²) in [6.07, 6.45) is 1.39. The van der Waals surface area contributed by atoms with Gasteiger partial charge in [-0.1, -0.05) is 60.7 Å². The average molecular weight is 435 g/mol. The van der Waals surface area contributed by atoms with Crippen molar-refractivity contribution in [3.8, 4) is 11.1 Å². The van der Waals surface area contributed by atoms with E-state index < -0.39 is 0 Å². The molecule has 3 aromatic rings. The SMILES string of the molecule is NC(=O)CCCC(NC(=O)COCc1ccc(F)cc1)c1cccc(-c2ccccc2)c1. The molecule has 6 heteroatoms. The van der Waals surface area contributed by atoms with Gasteiger partial charge in [0, 0.05) is 6.42 Å². The number of hydrogen-bond acceptors (Lipinski definition) is 3. The number of halogens is 1. The Balaban J connectivity index is 1.65. The summed E-state index contributed by atoms with van der Waals surface area (Å²) in [7, 11) is 0. The van der Waals surface area contributed by atoms with Gasteiger partial charge in [-0.25, -0.2) is 4.39 Å². The van der Waals surface area contributed by atoms with Crippen molar-refractivity contribution in [2.75, 3.05) is 6.61 Å². The zero-order valence-corrected chi connectivity index (χ0v) is 17.8. The summed E-state index contributed by atoms with van der Waals surface area (Å²) < 4.78 is 18.5. The third-order valence-electron chi connectivity index (χ3n) is 5.06. The number of amides is 2. The van der Waals surface area contributed by atoms with E-state index in [1.807, 2.05) is 54.6 Å². The quantitative estimate of drug-likeness (QED) is 0.465. The Morgan fingerprint density at radius 2 is 1.66 bits per heavy atom. The third kappa shape index (κ3) is 7.32. The number of nitrogens with one attached hydrogen (secondary N) is 1. The lowest BCUT2D eigenvalue weighted by atomic mass is 9.96. The summed E-state index contributed by atoms with van der Waals surface area (Å²) in [6.45, 7) is 0.0889. The molecule has 0 fully saturated rings. The third-order valence-corrected chi connectivity index (χ3v) is 5.06. The molecule has 32 heavy (non-hydrogen) atoms. The van der Waals surface area contributed by atoms with Crippen molar-refractivity contribution in [3.05, 3.63) is 95.8 Å². The number of carbonyl (C=O) groups is 2. The zero-order chi connectivity index (χ0) is 22.8. The fraction of sp³-hybridized carbons (Fsp3) is 0.231. The van der Waals surface area contributed by atoms with Gasteiger partial charge in [0.1, 0.15) is 12.4 Å². The van der Waals surface area contributed by atoms with Crippen molar-refractivity contribution >= 4 is 11.8 Å². The van der Waals surface area contributed by atoms with E-state index in [1.54, 1.807) is 12.1 Å². The normalized spacial score (nSPS) is 11.7. The lowest BCUT2D eigenvalue weighted by Crippen LogP contribution is -2.32. The number of benzene rings is 3. The lowest BCUT2D eigenvalue weighted by molar-refractivity contribution is -0.126. The number of carbonyl (C=O) groups excluding carboxylic acids is 2. The van der Waals surface area contributed by atoms with Gasteiger partial charge in [-0.15, -0.1) is 0 Å². The molecule has 1 atom stereocenters. The van der Waals surface area contributed by atoms with E-state index in [1.165, 1.54) is 12.1 Å². The second-order valence-electron chi connectivity index (χ2n) is 7.59. The van der Waals surface area contributed by atoms with Crippen molar-refractivity contribution in [1.82, 2.24) is 5.32 Å². The molecule has 166 valence electrons. The maximum atomic E-state index is 13.0. The Hall–Kier alpha value is -3.51. The van der Waals surface area contributed by atoms with Crippen molar-refractivity contribution in [3.63, 3.8) is 0 Å². The van der Waals surface area contributed by atoms with Crippen LogP contribution in [0.15, 0.2) is 78.9 Å². The molecule has 0 heterocycles. The smallest absolute Gasteiger partial charge is 0.246 e. The van der Waals surface area contributed by atoms with E-state index in [9.17, 15) is 14.0 Å². The molecule has 1 unspecified atom stereocenters. The highest BCUT2D eigenvalue weighted by atomic mass is 19.1. The van der Waals surface area contributed by atoms with Gasteiger partial charge in [0.05, 0.1) is 12.6 Å². The minimum atomic E-state index is -0.365. The molecule has 3 aromatic carbocycles. The van der Waals surface area contributed by atoms with Crippen LogP contribution in [-0.4, -0.2) is 18.4 Å².